The zero-order chi connectivity index (χ0) is 15.4. The second-order valence-corrected chi connectivity index (χ2v) is 5.61. The van der Waals surface area contributed by atoms with Gasteiger partial charge in [-0.3, -0.25) is 0 Å². The number of hydrogen-bond acceptors (Lipinski definition) is 4. The lowest BCUT2D eigenvalue weighted by Crippen LogP contribution is -2.02. The van der Waals surface area contributed by atoms with Gasteiger partial charge in [0.05, 0.1) is 10.2 Å². The highest BCUT2D eigenvalue weighted by Gasteiger charge is 2.04. The molecule has 5 heteroatoms. The van der Waals surface area contributed by atoms with Gasteiger partial charge in [0.1, 0.15) is 17.4 Å². The summed E-state index contributed by atoms with van der Waals surface area (Å²) in [7, 11) is 0. The van der Waals surface area contributed by atoms with E-state index in [0.717, 1.165) is 15.2 Å². The molecule has 0 bridgehead atoms. The Morgan fingerprint density at radius 2 is 1.95 bits per heavy atom. The number of ether oxygens (including phenoxy) is 1. The molecule has 110 valence electrons. The van der Waals surface area contributed by atoms with E-state index in [-0.39, 0.29) is 12.4 Å². The Bertz CT molecular complexity index is 808. The highest BCUT2D eigenvalue weighted by molar-refractivity contribution is 7.19. The average molecular weight is 313 g/mol. The second-order valence-electron chi connectivity index (χ2n) is 4.55. The molecule has 0 unspecified atom stereocenters. The van der Waals surface area contributed by atoms with E-state index in [2.05, 4.69) is 4.98 Å². The number of carbonyl (C=O) groups is 1. The molecule has 0 spiro atoms. The topological polar surface area (TPSA) is 39.2 Å². The third kappa shape index (κ3) is 3.38. The molecule has 0 aliphatic heterocycles. The Kier molecular flexibility index (Phi) is 4.25. The van der Waals surface area contributed by atoms with Crippen LogP contribution in [0, 0.1) is 5.82 Å². The number of aromatic nitrogens is 1. The Morgan fingerprint density at radius 3 is 2.77 bits per heavy atom. The first-order chi connectivity index (χ1) is 10.7. The van der Waals surface area contributed by atoms with Gasteiger partial charge >= 0.3 is 5.97 Å². The van der Waals surface area contributed by atoms with Crippen LogP contribution in [0.15, 0.2) is 54.6 Å². The van der Waals surface area contributed by atoms with Gasteiger partial charge in [-0.1, -0.05) is 30.3 Å². The van der Waals surface area contributed by atoms with Crippen molar-refractivity contribution in [2.45, 2.75) is 6.61 Å². The van der Waals surface area contributed by atoms with Crippen molar-refractivity contribution >= 4 is 33.6 Å². The number of rotatable bonds is 4. The van der Waals surface area contributed by atoms with Crippen molar-refractivity contribution in [3.05, 3.63) is 71.0 Å². The quantitative estimate of drug-likeness (QED) is 0.535. The van der Waals surface area contributed by atoms with Gasteiger partial charge in [-0.2, -0.15) is 0 Å². The molecule has 0 atom stereocenters. The third-order valence-electron chi connectivity index (χ3n) is 3.00. The summed E-state index contributed by atoms with van der Waals surface area (Å²) in [4.78, 5) is 16.0. The smallest absolute Gasteiger partial charge is 0.331 e. The van der Waals surface area contributed by atoms with Gasteiger partial charge < -0.3 is 4.74 Å². The minimum atomic E-state index is -0.525. The Balaban J connectivity index is 1.62. The number of esters is 1. The maximum Gasteiger partial charge on any atom is 0.331 e. The SMILES string of the molecule is O=C(/C=C/c1nc2ccccc2s1)OCc1ccccc1F. The summed E-state index contributed by atoms with van der Waals surface area (Å²) in [5.41, 5.74) is 1.25. The fraction of sp³-hybridized carbons (Fsp3) is 0.0588. The molecular weight excluding hydrogens is 301 g/mol. The van der Waals surface area contributed by atoms with Crippen LogP contribution in [0.2, 0.25) is 0 Å². The van der Waals surface area contributed by atoms with Crippen molar-refractivity contribution in [1.82, 2.24) is 4.98 Å². The number of benzene rings is 2. The molecule has 0 radical (unpaired) electrons. The van der Waals surface area contributed by atoms with Crippen molar-refractivity contribution in [3.8, 4) is 0 Å². The lowest BCUT2D eigenvalue weighted by atomic mass is 10.2. The number of carbonyl (C=O) groups excluding carboxylic acids is 1. The van der Waals surface area contributed by atoms with Crippen LogP contribution in [0.5, 0.6) is 0 Å². The van der Waals surface area contributed by atoms with E-state index < -0.39 is 5.97 Å². The molecule has 0 saturated heterocycles. The highest BCUT2D eigenvalue weighted by atomic mass is 32.1. The van der Waals surface area contributed by atoms with Crippen LogP contribution < -0.4 is 0 Å². The molecule has 3 nitrogen and oxygen atoms in total. The predicted molar refractivity (Wildman–Crippen MR) is 84.9 cm³/mol. The number of fused-ring (bicyclic) bond motifs is 1. The van der Waals surface area contributed by atoms with Crippen LogP contribution >= 0.6 is 11.3 Å². The lowest BCUT2D eigenvalue weighted by Gasteiger charge is -2.02. The van der Waals surface area contributed by atoms with Crippen molar-refractivity contribution in [1.29, 1.82) is 0 Å². The average Bonchev–Trinajstić information content (AvgIpc) is 2.95. The van der Waals surface area contributed by atoms with Crippen molar-refractivity contribution in [3.63, 3.8) is 0 Å². The van der Waals surface area contributed by atoms with Crippen molar-refractivity contribution in [2.24, 2.45) is 0 Å². The number of para-hydroxylation sites is 1. The maximum atomic E-state index is 13.4. The minimum absolute atomic E-state index is 0.0876. The fourth-order valence-electron chi connectivity index (χ4n) is 1.91. The molecule has 0 amide bonds. The molecule has 0 saturated carbocycles. The Labute approximate surface area is 130 Å². The maximum absolute atomic E-state index is 13.4. The van der Waals surface area contributed by atoms with E-state index in [4.69, 9.17) is 4.74 Å². The molecule has 0 aliphatic carbocycles. The van der Waals surface area contributed by atoms with Gasteiger partial charge in [-0.15, -0.1) is 11.3 Å². The first-order valence-electron chi connectivity index (χ1n) is 6.66. The Hall–Kier alpha value is -2.53. The van der Waals surface area contributed by atoms with Gasteiger partial charge in [0, 0.05) is 11.6 Å². The summed E-state index contributed by atoms with van der Waals surface area (Å²) in [6.45, 7) is -0.0876. The zero-order valence-electron chi connectivity index (χ0n) is 11.5. The molecule has 0 fully saturated rings. The number of halogens is 1. The van der Waals surface area contributed by atoms with Gasteiger partial charge in [0.15, 0.2) is 0 Å². The van der Waals surface area contributed by atoms with Gasteiger partial charge in [0.2, 0.25) is 0 Å². The molecule has 3 aromatic rings. The summed E-state index contributed by atoms with van der Waals surface area (Å²) >= 11 is 1.49. The predicted octanol–water partition coefficient (Wildman–Crippen LogP) is 4.19. The Morgan fingerprint density at radius 1 is 1.18 bits per heavy atom. The van der Waals surface area contributed by atoms with Gasteiger partial charge in [0.25, 0.3) is 0 Å². The number of hydrogen-bond donors (Lipinski definition) is 0. The molecule has 1 heterocycles. The van der Waals surface area contributed by atoms with E-state index in [1.54, 1.807) is 24.3 Å². The third-order valence-corrected chi connectivity index (χ3v) is 4.00. The van der Waals surface area contributed by atoms with Crippen LogP contribution in [0.1, 0.15) is 10.6 Å². The summed E-state index contributed by atoms with van der Waals surface area (Å²) in [5, 5.41) is 0.726. The first-order valence-corrected chi connectivity index (χ1v) is 7.48. The number of nitrogens with zero attached hydrogens (tertiary/aromatic N) is 1. The van der Waals surface area contributed by atoms with Crippen LogP contribution in [-0.2, 0) is 16.1 Å². The van der Waals surface area contributed by atoms with E-state index in [1.807, 2.05) is 24.3 Å². The normalized spacial score (nSPS) is 11.1. The second kappa shape index (κ2) is 6.49. The van der Waals surface area contributed by atoms with E-state index in [1.165, 1.54) is 23.5 Å². The molecule has 0 aliphatic rings. The number of thiazole rings is 1. The molecule has 0 N–H and O–H groups in total. The summed E-state index contributed by atoms with van der Waals surface area (Å²) < 4.78 is 19.5. The zero-order valence-corrected chi connectivity index (χ0v) is 12.3. The minimum Gasteiger partial charge on any atom is -0.458 e. The van der Waals surface area contributed by atoms with Gasteiger partial charge in [-0.05, 0) is 24.3 Å². The standard InChI is InChI=1S/C17H12FNO2S/c18-13-6-2-1-5-12(13)11-21-17(20)10-9-16-19-14-7-3-4-8-15(14)22-16/h1-10H,11H2/b10-9+. The van der Waals surface area contributed by atoms with Gasteiger partial charge in [-0.25, -0.2) is 14.2 Å². The molecule has 3 rings (SSSR count). The molecule has 2 aromatic carbocycles. The van der Waals surface area contributed by atoms with E-state index in [0.29, 0.717) is 5.56 Å². The summed E-state index contributed by atoms with van der Waals surface area (Å²) in [5.74, 6) is -0.909. The summed E-state index contributed by atoms with van der Waals surface area (Å²) in [6, 6.07) is 14.0. The summed E-state index contributed by atoms with van der Waals surface area (Å²) in [6.07, 6.45) is 2.91. The van der Waals surface area contributed by atoms with Crippen LogP contribution in [0.25, 0.3) is 16.3 Å². The van der Waals surface area contributed by atoms with E-state index >= 15 is 0 Å². The van der Waals surface area contributed by atoms with Crippen molar-refractivity contribution in [2.75, 3.05) is 0 Å². The van der Waals surface area contributed by atoms with Crippen LogP contribution in [-0.4, -0.2) is 11.0 Å². The van der Waals surface area contributed by atoms with E-state index in [9.17, 15) is 9.18 Å². The van der Waals surface area contributed by atoms with Crippen LogP contribution in [0.3, 0.4) is 0 Å². The van der Waals surface area contributed by atoms with Crippen LogP contribution in [0.4, 0.5) is 4.39 Å². The van der Waals surface area contributed by atoms with Crippen molar-refractivity contribution < 1.29 is 13.9 Å². The highest BCUT2D eigenvalue weighted by Crippen LogP contribution is 2.22. The fourth-order valence-corrected chi connectivity index (χ4v) is 2.78. The molecule has 22 heavy (non-hydrogen) atoms. The molecular formula is C17H12FNO2S. The lowest BCUT2D eigenvalue weighted by molar-refractivity contribution is -0.138. The monoisotopic (exact) mass is 313 g/mol. The largest absolute Gasteiger partial charge is 0.458 e. The first kappa shape index (κ1) is 14.4. The molecule has 1 aromatic heterocycles.